The van der Waals surface area contributed by atoms with Crippen LogP contribution in [0.4, 0.5) is 0 Å². The Labute approximate surface area is 137 Å². The Kier molecular flexibility index (Phi) is 2.83. The van der Waals surface area contributed by atoms with Gasteiger partial charge in [0.25, 0.3) is 0 Å². The van der Waals surface area contributed by atoms with Gasteiger partial charge in [0.05, 0.1) is 11.6 Å². The monoisotopic (exact) mass is 307 g/mol. The first-order valence-corrected chi connectivity index (χ1v) is 9.07. The van der Waals surface area contributed by atoms with Crippen LogP contribution in [0.5, 0.6) is 0 Å². The molecule has 3 aliphatic heterocycles. The lowest BCUT2D eigenvalue weighted by Gasteiger charge is -2.53. The van der Waals surface area contributed by atoms with Gasteiger partial charge in [-0.15, -0.1) is 0 Å². The predicted molar refractivity (Wildman–Crippen MR) is 95.2 cm³/mol. The number of rotatable bonds is 2. The van der Waals surface area contributed by atoms with Crippen molar-refractivity contribution < 1.29 is 0 Å². The van der Waals surface area contributed by atoms with Gasteiger partial charge in [-0.1, -0.05) is 31.2 Å². The summed E-state index contributed by atoms with van der Waals surface area (Å²) in [6.45, 7) is 5.44. The molecule has 4 heterocycles. The minimum absolute atomic E-state index is 0.284. The molecule has 2 N–H and O–H groups in total. The second-order valence-electron chi connectivity index (χ2n) is 7.43. The third kappa shape index (κ3) is 1.62. The molecule has 2 atom stereocenters. The third-order valence-electron chi connectivity index (χ3n) is 6.53. The molecule has 1 fully saturated rings. The van der Waals surface area contributed by atoms with Gasteiger partial charge in [0.1, 0.15) is 0 Å². The van der Waals surface area contributed by atoms with Gasteiger partial charge in [0.15, 0.2) is 0 Å². The van der Waals surface area contributed by atoms with E-state index in [-0.39, 0.29) is 5.41 Å². The number of benzene rings is 1. The van der Waals surface area contributed by atoms with Crippen LogP contribution in [-0.2, 0) is 6.42 Å². The quantitative estimate of drug-likeness (QED) is 0.921. The van der Waals surface area contributed by atoms with Crippen LogP contribution in [0, 0.1) is 5.41 Å². The summed E-state index contributed by atoms with van der Waals surface area (Å²) in [7, 11) is 0. The van der Waals surface area contributed by atoms with Crippen molar-refractivity contribution in [3.8, 4) is 0 Å². The lowest BCUT2D eigenvalue weighted by molar-refractivity contribution is 0.0269. The maximum Gasteiger partial charge on any atom is 0.0599 e. The molecule has 0 saturated carbocycles. The molecule has 0 unspecified atom stereocenters. The van der Waals surface area contributed by atoms with E-state index in [4.69, 9.17) is 5.73 Å². The Morgan fingerprint density at radius 1 is 1.26 bits per heavy atom. The summed E-state index contributed by atoms with van der Waals surface area (Å²) in [6, 6.07) is 9.45. The fraction of sp³-hybridized carbons (Fsp3) is 0.500. The van der Waals surface area contributed by atoms with E-state index in [0.29, 0.717) is 12.6 Å². The molecule has 2 aromatic rings. The van der Waals surface area contributed by atoms with Gasteiger partial charge in [-0.25, -0.2) is 0 Å². The van der Waals surface area contributed by atoms with Crippen molar-refractivity contribution in [2.75, 3.05) is 19.6 Å². The summed E-state index contributed by atoms with van der Waals surface area (Å²) < 4.78 is 2.50. The number of fused-ring (bicyclic) bond motifs is 3. The van der Waals surface area contributed by atoms with Crippen LogP contribution in [0.25, 0.3) is 16.6 Å². The number of piperidine rings is 1. The Bertz CT molecular complexity index is 816. The second-order valence-corrected chi connectivity index (χ2v) is 7.43. The standard InChI is InChI=1S/C20H25N3/c1-2-20-9-5-10-22-11-8-16-15-6-3-4-7-17(15)23(14(12-20)13-21)18(16)19(20)22/h3-4,6-7,12,19H,2,5,8-11,13,21H2,1H3/t19-,20+/m1/s1. The summed E-state index contributed by atoms with van der Waals surface area (Å²) in [6.07, 6.45) is 7.54. The van der Waals surface area contributed by atoms with Crippen molar-refractivity contribution >= 4 is 16.6 Å². The predicted octanol–water partition coefficient (Wildman–Crippen LogP) is 3.54. The van der Waals surface area contributed by atoms with Crippen molar-refractivity contribution in [2.45, 2.75) is 38.6 Å². The maximum atomic E-state index is 6.20. The molecule has 1 aromatic carbocycles. The van der Waals surface area contributed by atoms with E-state index < -0.39 is 0 Å². The first kappa shape index (κ1) is 13.8. The van der Waals surface area contributed by atoms with E-state index >= 15 is 0 Å². The molecule has 120 valence electrons. The van der Waals surface area contributed by atoms with E-state index in [1.807, 2.05) is 0 Å². The second kappa shape index (κ2) is 4.71. The topological polar surface area (TPSA) is 34.2 Å². The smallest absolute Gasteiger partial charge is 0.0599 e. The molecule has 1 saturated heterocycles. The molecular formula is C20H25N3. The number of aromatic nitrogens is 1. The molecule has 0 aliphatic carbocycles. The van der Waals surface area contributed by atoms with Crippen molar-refractivity contribution in [3.05, 3.63) is 41.6 Å². The lowest BCUT2D eigenvalue weighted by Crippen LogP contribution is -2.51. The van der Waals surface area contributed by atoms with Crippen LogP contribution >= 0.6 is 0 Å². The van der Waals surface area contributed by atoms with Crippen LogP contribution in [0.1, 0.15) is 43.5 Å². The van der Waals surface area contributed by atoms with Crippen LogP contribution in [-0.4, -0.2) is 29.1 Å². The molecule has 23 heavy (non-hydrogen) atoms. The van der Waals surface area contributed by atoms with E-state index in [1.165, 1.54) is 55.4 Å². The first-order chi connectivity index (χ1) is 11.3. The minimum atomic E-state index is 0.284. The van der Waals surface area contributed by atoms with Gasteiger partial charge in [0.2, 0.25) is 0 Å². The van der Waals surface area contributed by atoms with Crippen molar-refractivity contribution in [1.29, 1.82) is 0 Å². The van der Waals surface area contributed by atoms with Crippen molar-refractivity contribution in [2.24, 2.45) is 11.1 Å². The Morgan fingerprint density at radius 3 is 2.96 bits per heavy atom. The Hall–Kier alpha value is -1.58. The summed E-state index contributed by atoms with van der Waals surface area (Å²) >= 11 is 0. The molecule has 0 spiro atoms. The fourth-order valence-corrected chi connectivity index (χ4v) is 5.54. The highest BCUT2D eigenvalue weighted by molar-refractivity contribution is 5.90. The highest BCUT2D eigenvalue weighted by Crippen LogP contribution is 2.56. The van der Waals surface area contributed by atoms with Crippen LogP contribution in [0.2, 0.25) is 0 Å². The van der Waals surface area contributed by atoms with Gasteiger partial charge in [-0.3, -0.25) is 4.90 Å². The van der Waals surface area contributed by atoms with Crippen LogP contribution < -0.4 is 5.73 Å². The highest BCUT2D eigenvalue weighted by Gasteiger charge is 2.49. The van der Waals surface area contributed by atoms with Gasteiger partial charge >= 0.3 is 0 Å². The molecule has 0 radical (unpaired) electrons. The maximum absolute atomic E-state index is 6.20. The summed E-state index contributed by atoms with van der Waals surface area (Å²) in [5.41, 5.74) is 12.3. The number of nitrogens with zero attached hydrogens (tertiary/aromatic N) is 2. The van der Waals surface area contributed by atoms with Crippen molar-refractivity contribution in [3.63, 3.8) is 0 Å². The first-order valence-electron chi connectivity index (χ1n) is 9.07. The third-order valence-corrected chi connectivity index (χ3v) is 6.53. The number of para-hydroxylation sites is 1. The summed E-state index contributed by atoms with van der Waals surface area (Å²) in [4.78, 5) is 2.74. The zero-order valence-corrected chi connectivity index (χ0v) is 13.9. The minimum Gasteiger partial charge on any atom is -0.325 e. The summed E-state index contributed by atoms with van der Waals surface area (Å²) in [5.74, 6) is 0. The fourth-order valence-electron chi connectivity index (χ4n) is 5.54. The van der Waals surface area contributed by atoms with E-state index in [1.54, 1.807) is 11.3 Å². The molecule has 0 amide bonds. The molecule has 3 nitrogen and oxygen atoms in total. The zero-order valence-electron chi connectivity index (χ0n) is 13.9. The van der Waals surface area contributed by atoms with Gasteiger partial charge in [-0.05, 0) is 43.9 Å². The Balaban J connectivity index is 1.89. The molecule has 3 aliphatic rings. The van der Waals surface area contributed by atoms with Crippen LogP contribution in [0.15, 0.2) is 30.3 Å². The van der Waals surface area contributed by atoms with Gasteiger partial charge < -0.3 is 10.3 Å². The molecule has 0 bridgehead atoms. The number of nitrogens with two attached hydrogens (primary N) is 1. The number of hydrogen-bond acceptors (Lipinski definition) is 2. The number of hydrogen-bond donors (Lipinski definition) is 1. The largest absolute Gasteiger partial charge is 0.325 e. The molecule has 1 aromatic heterocycles. The lowest BCUT2D eigenvalue weighted by atomic mass is 9.66. The van der Waals surface area contributed by atoms with Crippen LogP contribution in [0.3, 0.4) is 0 Å². The molecule has 5 rings (SSSR count). The Morgan fingerprint density at radius 2 is 2.13 bits per heavy atom. The highest BCUT2D eigenvalue weighted by atomic mass is 15.2. The molecular weight excluding hydrogens is 282 g/mol. The van der Waals surface area contributed by atoms with Gasteiger partial charge in [-0.2, -0.15) is 0 Å². The van der Waals surface area contributed by atoms with Gasteiger partial charge in [0, 0.05) is 35.3 Å². The average molecular weight is 307 g/mol. The molecule has 3 heteroatoms. The zero-order chi connectivity index (χ0) is 15.6. The van der Waals surface area contributed by atoms with E-state index in [2.05, 4.69) is 46.7 Å². The van der Waals surface area contributed by atoms with E-state index in [9.17, 15) is 0 Å². The normalized spacial score (nSPS) is 29.5. The SMILES string of the molecule is CC[C@@]12C=C(CN)n3c4c(c5ccccc53)CCN(CCC1)[C@H]42. The average Bonchev–Trinajstić information content (AvgIpc) is 2.95. The van der Waals surface area contributed by atoms with Crippen molar-refractivity contribution in [1.82, 2.24) is 9.47 Å². The summed E-state index contributed by atoms with van der Waals surface area (Å²) in [5, 5.41) is 1.44. The van der Waals surface area contributed by atoms with E-state index in [0.717, 1.165) is 0 Å².